The van der Waals surface area contributed by atoms with Crippen LogP contribution in [0.15, 0.2) is 60.7 Å². The summed E-state index contributed by atoms with van der Waals surface area (Å²) in [5.41, 5.74) is 1.13. The lowest BCUT2D eigenvalue weighted by molar-refractivity contribution is -0.128. The maximum Gasteiger partial charge on any atom is 0.261 e. The first-order chi connectivity index (χ1) is 11.2. The van der Waals surface area contributed by atoms with Crippen molar-refractivity contribution in [3.8, 4) is 5.75 Å². The molecule has 2 aromatic rings. The van der Waals surface area contributed by atoms with E-state index in [0.29, 0.717) is 13.0 Å². The molecule has 1 unspecified atom stereocenters. The third kappa shape index (κ3) is 5.33. The van der Waals surface area contributed by atoms with E-state index in [1.54, 1.807) is 0 Å². The number of hydrogen-bond acceptors (Lipinski definition) is 3. The fourth-order valence-electron chi connectivity index (χ4n) is 2.26. The second-order valence-electron chi connectivity index (χ2n) is 5.38. The van der Waals surface area contributed by atoms with Gasteiger partial charge < -0.3 is 15.0 Å². The van der Waals surface area contributed by atoms with Gasteiger partial charge in [-0.2, -0.15) is 0 Å². The highest BCUT2D eigenvalue weighted by Crippen LogP contribution is 2.13. The van der Waals surface area contributed by atoms with Crippen molar-refractivity contribution >= 4 is 11.6 Å². The van der Waals surface area contributed by atoms with Gasteiger partial charge in [0.25, 0.3) is 5.91 Å². The van der Waals surface area contributed by atoms with Crippen molar-refractivity contribution in [2.45, 2.75) is 19.4 Å². The highest BCUT2D eigenvalue weighted by atomic mass is 16.5. The third-order valence-corrected chi connectivity index (χ3v) is 3.63. The molecule has 0 fully saturated rings. The maximum atomic E-state index is 12.2. The SMILES string of the molecule is CCC(Oc1ccccc1)C(=O)NCCN(C)c1ccccc1. The number of hydrogen-bond donors (Lipinski definition) is 1. The van der Waals surface area contributed by atoms with Crippen molar-refractivity contribution < 1.29 is 9.53 Å². The molecule has 0 bridgehead atoms. The molecular formula is C19H24N2O2. The molecule has 0 aliphatic rings. The molecule has 1 amide bonds. The van der Waals surface area contributed by atoms with E-state index in [-0.39, 0.29) is 5.91 Å². The second-order valence-corrected chi connectivity index (χ2v) is 5.38. The van der Waals surface area contributed by atoms with Gasteiger partial charge >= 0.3 is 0 Å². The van der Waals surface area contributed by atoms with Crippen molar-refractivity contribution in [2.24, 2.45) is 0 Å². The number of nitrogens with one attached hydrogen (secondary N) is 1. The van der Waals surface area contributed by atoms with Crippen LogP contribution >= 0.6 is 0 Å². The number of para-hydroxylation sites is 2. The Bertz CT molecular complexity index is 587. The Morgan fingerprint density at radius 2 is 1.70 bits per heavy atom. The second kappa shape index (κ2) is 8.83. The lowest BCUT2D eigenvalue weighted by Crippen LogP contribution is -2.41. The van der Waals surface area contributed by atoms with E-state index < -0.39 is 6.10 Å². The Morgan fingerprint density at radius 1 is 1.09 bits per heavy atom. The summed E-state index contributed by atoms with van der Waals surface area (Å²) in [7, 11) is 2.01. The van der Waals surface area contributed by atoms with E-state index in [4.69, 9.17) is 4.74 Å². The van der Waals surface area contributed by atoms with Crippen molar-refractivity contribution in [2.75, 3.05) is 25.0 Å². The average molecular weight is 312 g/mol. The zero-order chi connectivity index (χ0) is 16.5. The summed E-state index contributed by atoms with van der Waals surface area (Å²) in [5.74, 6) is 0.647. The van der Waals surface area contributed by atoms with Gasteiger partial charge in [0.05, 0.1) is 0 Å². The topological polar surface area (TPSA) is 41.6 Å². The van der Waals surface area contributed by atoms with Crippen LogP contribution in [0.1, 0.15) is 13.3 Å². The van der Waals surface area contributed by atoms with Crippen molar-refractivity contribution in [1.29, 1.82) is 0 Å². The van der Waals surface area contributed by atoms with Crippen LogP contribution in [0.4, 0.5) is 5.69 Å². The molecule has 23 heavy (non-hydrogen) atoms. The van der Waals surface area contributed by atoms with Gasteiger partial charge in [0.2, 0.25) is 0 Å². The van der Waals surface area contributed by atoms with Gasteiger partial charge in [-0.15, -0.1) is 0 Å². The molecule has 4 heteroatoms. The summed E-state index contributed by atoms with van der Waals surface area (Å²) in [6.07, 6.45) is 0.175. The summed E-state index contributed by atoms with van der Waals surface area (Å²) >= 11 is 0. The van der Waals surface area contributed by atoms with Crippen molar-refractivity contribution in [1.82, 2.24) is 5.32 Å². The molecule has 122 valence electrons. The number of amides is 1. The molecule has 0 aliphatic heterocycles. The van der Waals surface area contributed by atoms with Gasteiger partial charge in [-0.05, 0) is 30.7 Å². The number of carbonyl (C=O) groups is 1. The predicted octanol–water partition coefficient (Wildman–Crippen LogP) is 3.10. The first kappa shape index (κ1) is 16.9. The Kier molecular flexibility index (Phi) is 6.48. The van der Waals surface area contributed by atoms with Gasteiger partial charge in [0, 0.05) is 25.8 Å². The predicted molar refractivity (Wildman–Crippen MR) is 93.9 cm³/mol. The van der Waals surface area contributed by atoms with E-state index in [1.807, 2.05) is 62.5 Å². The molecule has 2 rings (SSSR count). The number of likely N-dealkylation sites (N-methyl/N-ethyl adjacent to an activating group) is 1. The molecule has 0 aliphatic carbocycles. The van der Waals surface area contributed by atoms with E-state index in [9.17, 15) is 4.79 Å². The summed E-state index contributed by atoms with van der Waals surface area (Å²) in [5, 5.41) is 2.95. The molecule has 1 atom stereocenters. The van der Waals surface area contributed by atoms with Crippen LogP contribution in [-0.2, 0) is 4.79 Å². The smallest absolute Gasteiger partial charge is 0.261 e. The number of ether oxygens (including phenoxy) is 1. The first-order valence-corrected chi connectivity index (χ1v) is 7.96. The Balaban J connectivity index is 1.78. The van der Waals surface area contributed by atoms with Gasteiger partial charge in [-0.1, -0.05) is 43.3 Å². The Labute approximate surface area is 138 Å². The number of nitrogens with zero attached hydrogens (tertiary/aromatic N) is 1. The minimum Gasteiger partial charge on any atom is -0.481 e. The molecule has 0 saturated heterocycles. The number of rotatable bonds is 8. The minimum absolute atomic E-state index is 0.0715. The molecule has 0 heterocycles. The van der Waals surface area contributed by atoms with E-state index in [0.717, 1.165) is 18.0 Å². The highest BCUT2D eigenvalue weighted by molar-refractivity contribution is 5.81. The monoisotopic (exact) mass is 312 g/mol. The normalized spacial score (nSPS) is 11.6. The Morgan fingerprint density at radius 3 is 2.30 bits per heavy atom. The molecule has 0 saturated carbocycles. The van der Waals surface area contributed by atoms with Gasteiger partial charge in [0.1, 0.15) is 5.75 Å². The van der Waals surface area contributed by atoms with Gasteiger partial charge in [-0.3, -0.25) is 4.79 Å². The quantitative estimate of drug-likeness (QED) is 0.814. The van der Waals surface area contributed by atoms with Crippen LogP contribution in [0.5, 0.6) is 5.75 Å². The lowest BCUT2D eigenvalue weighted by atomic mass is 10.2. The third-order valence-electron chi connectivity index (χ3n) is 3.63. The van der Waals surface area contributed by atoms with Crippen LogP contribution in [0.2, 0.25) is 0 Å². The maximum absolute atomic E-state index is 12.2. The highest BCUT2D eigenvalue weighted by Gasteiger charge is 2.17. The molecule has 0 radical (unpaired) electrons. The average Bonchev–Trinajstić information content (AvgIpc) is 2.61. The summed E-state index contributed by atoms with van der Waals surface area (Å²) in [6.45, 7) is 3.28. The molecule has 0 aromatic heterocycles. The summed E-state index contributed by atoms with van der Waals surface area (Å²) < 4.78 is 5.74. The number of benzene rings is 2. The van der Waals surface area contributed by atoms with Gasteiger partial charge in [-0.25, -0.2) is 0 Å². The summed E-state index contributed by atoms with van der Waals surface area (Å²) in [6, 6.07) is 19.5. The molecule has 0 spiro atoms. The van der Waals surface area contributed by atoms with Crippen LogP contribution < -0.4 is 15.0 Å². The standard InChI is InChI=1S/C19H24N2O2/c1-3-18(23-17-12-8-5-9-13-17)19(22)20-14-15-21(2)16-10-6-4-7-11-16/h4-13,18H,3,14-15H2,1-2H3,(H,20,22). The Hall–Kier alpha value is -2.49. The molecular weight excluding hydrogens is 288 g/mol. The zero-order valence-corrected chi connectivity index (χ0v) is 13.7. The largest absolute Gasteiger partial charge is 0.481 e. The summed E-state index contributed by atoms with van der Waals surface area (Å²) in [4.78, 5) is 14.4. The van der Waals surface area contributed by atoms with E-state index >= 15 is 0 Å². The fourth-order valence-corrected chi connectivity index (χ4v) is 2.26. The van der Waals surface area contributed by atoms with Crippen LogP contribution in [-0.4, -0.2) is 32.1 Å². The zero-order valence-electron chi connectivity index (χ0n) is 13.7. The van der Waals surface area contributed by atoms with E-state index in [2.05, 4.69) is 22.3 Å². The van der Waals surface area contributed by atoms with Crippen molar-refractivity contribution in [3.05, 3.63) is 60.7 Å². The number of carbonyl (C=O) groups excluding carboxylic acids is 1. The molecule has 4 nitrogen and oxygen atoms in total. The van der Waals surface area contributed by atoms with E-state index in [1.165, 1.54) is 0 Å². The van der Waals surface area contributed by atoms with Crippen molar-refractivity contribution in [3.63, 3.8) is 0 Å². The van der Waals surface area contributed by atoms with Crippen LogP contribution in [0, 0.1) is 0 Å². The lowest BCUT2D eigenvalue weighted by Gasteiger charge is -2.21. The molecule has 1 N–H and O–H groups in total. The minimum atomic E-state index is -0.459. The van der Waals surface area contributed by atoms with Crippen LogP contribution in [0.25, 0.3) is 0 Å². The molecule has 2 aromatic carbocycles. The fraction of sp³-hybridized carbons (Fsp3) is 0.316. The van der Waals surface area contributed by atoms with Gasteiger partial charge in [0.15, 0.2) is 6.10 Å². The first-order valence-electron chi connectivity index (χ1n) is 7.96. The number of anilines is 1. The van der Waals surface area contributed by atoms with Crippen LogP contribution in [0.3, 0.4) is 0 Å².